The normalized spacial score (nSPS) is 12.7. The van der Waals surface area contributed by atoms with Crippen LogP contribution in [-0.4, -0.2) is 35.1 Å². The molecule has 0 aromatic heterocycles. The van der Waals surface area contributed by atoms with E-state index in [4.69, 9.17) is 19.3 Å². The molecule has 302 valence electrons. The van der Waals surface area contributed by atoms with Crippen molar-refractivity contribution in [1.29, 1.82) is 0 Å². The lowest BCUT2D eigenvalue weighted by atomic mass is 10.0. The molecule has 0 unspecified atom stereocenters. The molecule has 0 heterocycles. The highest BCUT2D eigenvalue weighted by Crippen LogP contribution is 2.36. The van der Waals surface area contributed by atoms with Gasteiger partial charge in [-0.1, -0.05) is 187 Å². The van der Waals surface area contributed by atoms with E-state index >= 15 is 0 Å². The van der Waals surface area contributed by atoms with E-state index in [9.17, 15) is 9.36 Å². The van der Waals surface area contributed by atoms with E-state index in [2.05, 4.69) is 30.5 Å². The molecule has 1 atom stereocenters. The molecule has 0 radical (unpaired) electrons. The maximum Gasteiger partial charge on any atom is 0.469 e. The Bertz CT molecular complexity index is 825. The number of hydrogen-bond donors (Lipinski definition) is 2. The second-order valence-corrected chi connectivity index (χ2v) is 16.0. The average molecular weight is 743 g/mol. The van der Waals surface area contributed by atoms with Gasteiger partial charge in [-0.05, 0) is 51.0 Å². The molecule has 0 aliphatic carbocycles. The molecule has 7 nitrogen and oxygen atoms in total. The van der Waals surface area contributed by atoms with E-state index in [1.807, 2.05) is 6.08 Å². The van der Waals surface area contributed by atoms with Crippen LogP contribution in [0.3, 0.4) is 0 Å². The summed E-state index contributed by atoms with van der Waals surface area (Å²) in [7, 11) is -4.67. The molecule has 0 aliphatic heterocycles. The molecule has 0 aromatic rings. The molecule has 0 saturated heterocycles. The first kappa shape index (κ1) is 49.9. The molecule has 8 heteroatoms. The Balaban J connectivity index is 3.81. The molecule has 0 aromatic carbocycles. The fourth-order valence-corrected chi connectivity index (χ4v) is 6.70. The summed E-state index contributed by atoms with van der Waals surface area (Å²) in [5.74, 6) is -0.386. The number of esters is 1. The van der Waals surface area contributed by atoms with Gasteiger partial charge in [-0.25, -0.2) is 4.57 Å². The summed E-state index contributed by atoms with van der Waals surface area (Å²) in [6.07, 6.45) is 48.4. The number of phosphoric ester groups is 1. The maximum absolute atomic E-state index is 12.4. The van der Waals surface area contributed by atoms with Gasteiger partial charge in [0.2, 0.25) is 0 Å². The maximum atomic E-state index is 12.4. The second kappa shape index (κ2) is 40.1. The van der Waals surface area contributed by atoms with Gasteiger partial charge < -0.3 is 19.3 Å². The predicted octanol–water partition coefficient (Wildman–Crippen LogP) is 14.0. The smallest absolute Gasteiger partial charge is 0.469 e. The third-order valence-corrected chi connectivity index (χ3v) is 10.1. The number of ether oxygens (including phenoxy) is 2. The van der Waals surface area contributed by atoms with E-state index in [1.165, 1.54) is 173 Å². The highest BCUT2D eigenvalue weighted by Gasteiger charge is 2.21. The first-order valence-electron chi connectivity index (χ1n) is 21.7. The van der Waals surface area contributed by atoms with Crippen LogP contribution in [0.2, 0.25) is 0 Å². The fourth-order valence-electron chi connectivity index (χ4n) is 6.34. The van der Waals surface area contributed by atoms with Crippen LogP contribution in [0.4, 0.5) is 0 Å². The molecule has 51 heavy (non-hydrogen) atoms. The van der Waals surface area contributed by atoms with E-state index in [1.54, 1.807) is 6.26 Å². The largest absolute Gasteiger partial charge is 0.498 e. The second-order valence-electron chi connectivity index (χ2n) is 14.7. The molecule has 0 rings (SSSR count). The van der Waals surface area contributed by atoms with Crippen molar-refractivity contribution in [3.8, 4) is 0 Å². The van der Waals surface area contributed by atoms with Crippen molar-refractivity contribution < 1.29 is 33.1 Å². The van der Waals surface area contributed by atoms with Crippen molar-refractivity contribution in [1.82, 2.24) is 0 Å². The summed E-state index contributed by atoms with van der Waals surface area (Å²) in [5, 5.41) is 0. The quantitative estimate of drug-likeness (QED) is 0.0211. The van der Waals surface area contributed by atoms with Crippen LogP contribution in [0.1, 0.15) is 226 Å². The summed E-state index contributed by atoms with van der Waals surface area (Å²) in [4.78, 5) is 30.6. The van der Waals surface area contributed by atoms with Crippen molar-refractivity contribution in [3.63, 3.8) is 0 Å². The Morgan fingerprint density at radius 3 is 1.25 bits per heavy atom. The Morgan fingerprint density at radius 1 is 0.510 bits per heavy atom. The average Bonchev–Trinajstić information content (AvgIpc) is 3.10. The molecule has 0 bridgehead atoms. The summed E-state index contributed by atoms with van der Waals surface area (Å²) >= 11 is 0. The number of allylic oxidation sites excluding steroid dienone is 3. The van der Waals surface area contributed by atoms with Crippen molar-refractivity contribution in [2.24, 2.45) is 0 Å². The third-order valence-electron chi connectivity index (χ3n) is 9.57. The minimum Gasteiger partial charge on any atom is -0.498 e. The summed E-state index contributed by atoms with van der Waals surface area (Å²) < 4.78 is 26.8. The first-order chi connectivity index (χ1) is 24.9. The van der Waals surface area contributed by atoms with Gasteiger partial charge in [0, 0.05) is 6.42 Å². The number of rotatable bonds is 41. The zero-order valence-electron chi connectivity index (χ0n) is 33.5. The summed E-state index contributed by atoms with van der Waals surface area (Å²) in [5.41, 5.74) is 0. The van der Waals surface area contributed by atoms with Crippen LogP contribution in [0.25, 0.3) is 0 Å². The van der Waals surface area contributed by atoms with Crippen LogP contribution in [0.15, 0.2) is 24.5 Å². The van der Waals surface area contributed by atoms with E-state index in [0.29, 0.717) is 0 Å². The SMILES string of the molecule is CCCCCCCCCC/C=C\CCCCCCCCCC(=O)O[C@H](CO/C=C\CCCCCCCCCCCCCCCC)COP(=O)(O)O. The lowest BCUT2D eigenvalue weighted by Crippen LogP contribution is -2.27. The predicted molar refractivity (Wildman–Crippen MR) is 216 cm³/mol. The number of unbranched alkanes of at least 4 members (excludes halogenated alkanes) is 29. The topological polar surface area (TPSA) is 102 Å². The van der Waals surface area contributed by atoms with Gasteiger partial charge in [-0.3, -0.25) is 9.32 Å². The summed E-state index contributed by atoms with van der Waals surface area (Å²) in [6, 6.07) is 0. The van der Waals surface area contributed by atoms with Crippen LogP contribution < -0.4 is 0 Å². The van der Waals surface area contributed by atoms with Gasteiger partial charge in [-0.2, -0.15) is 0 Å². The van der Waals surface area contributed by atoms with Crippen molar-refractivity contribution in [3.05, 3.63) is 24.5 Å². The van der Waals surface area contributed by atoms with Gasteiger partial charge in [-0.15, -0.1) is 0 Å². The van der Waals surface area contributed by atoms with Gasteiger partial charge in [0.05, 0.1) is 12.9 Å². The number of carbonyl (C=O) groups is 1. The standard InChI is InChI=1S/C43H83O7P/c1-3-5-7-9-11-13-15-17-19-21-22-23-24-26-28-30-32-34-36-38-43(44)50-42(41-49-51(45,46)47)40-48-39-37-35-33-31-29-27-25-20-18-16-14-12-10-8-6-4-2/h21-22,37,39,42H,3-20,23-36,38,40-41H2,1-2H3,(H2,45,46,47)/b22-21-,39-37-/t42-/m1/s1. The van der Waals surface area contributed by atoms with Gasteiger partial charge in [0.1, 0.15) is 6.61 Å². The summed E-state index contributed by atoms with van der Waals surface area (Å²) in [6.45, 7) is 4.13. The highest BCUT2D eigenvalue weighted by atomic mass is 31.2. The molecular weight excluding hydrogens is 659 g/mol. The Hall–Kier alpha value is -1.14. The van der Waals surface area contributed by atoms with Gasteiger partial charge >= 0.3 is 13.8 Å². The van der Waals surface area contributed by atoms with Gasteiger partial charge in [0.15, 0.2) is 6.10 Å². The number of hydrogen-bond acceptors (Lipinski definition) is 5. The highest BCUT2D eigenvalue weighted by molar-refractivity contribution is 7.46. The third kappa shape index (κ3) is 43.2. The Kier molecular flexibility index (Phi) is 39.2. The van der Waals surface area contributed by atoms with Crippen LogP contribution in [0, 0.1) is 0 Å². The number of carbonyl (C=O) groups excluding carboxylic acids is 1. The first-order valence-corrected chi connectivity index (χ1v) is 23.2. The van der Waals surface area contributed by atoms with E-state index in [-0.39, 0.29) is 19.0 Å². The zero-order chi connectivity index (χ0) is 37.4. The molecule has 0 amide bonds. The Labute approximate surface area is 315 Å². The van der Waals surface area contributed by atoms with E-state index < -0.39 is 20.5 Å². The molecular formula is C43H83O7P. The van der Waals surface area contributed by atoms with E-state index in [0.717, 1.165) is 32.1 Å². The lowest BCUT2D eigenvalue weighted by Gasteiger charge is -2.18. The minimum absolute atomic E-state index is 0.00460. The fraction of sp³-hybridized carbons (Fsp3) is 0.884. The van der Waals surface area contributed by atoms with Crippen LogP contribution in [0.5, 0.6) is 0 Å². The molecule has 0 fully saturated rings. The van der Waals surface area contributed by atoms with Crippen LogP contribution in [-0.2, 0) is 23.4 Å². The number of phosphoric acid groups is 1. The Morgan fingerprint density at radius 2 is 0.863 bits per heavy atom. The molecule has 0 saturated carbocycles. The molecule has 2 N–H and O–H groups in total. The van der Waals surface area contributed by atoms with Crippen molar-refractivity contribution in [2.75, 3.05) is 13.2 Å². The monoisotopic (exact) mass is 743 g/mol. The van der Waals surface area contributed by atoms with Gasteiger partial charge in [0.25, 0.3) is 0 Å². The zero-order valence-corrected chi connectivity index (χ0v) is 34.4. The molecule has 0 spiro atoms. The van der Waals surface area contributed by atoms with Crippen LogP contribution >= 0.6 is 7.82 Å². The lowest BCUT2D eigenvalue weighted by molar-refractivity contribution is -0.153. The van der Waals surface area contributed by atoms with Crippen molar-refractivity contribution in [2.45, 2.75) is 232 Å². The molecule has 0 aliphatic rings. The minimum atomic E-state index is -4.67. The van der Waals surface area contributed by atoms with Crippen molar-refractivity contribution >= 4 is 13.8 Å².